The Morgan fingerprint density at radius 3 is 2.68 bits per heavy atom. The molecule has 2 atom stereocenters. The van der Waals surface area contributed by atoms with Gasteiger partial charge in [-0.15, -0.1) is 0 Å². The molecule has 0 radical (unpaired) electrons. The Hall–Kier alpha value is -1.23. The van der Waals surface area contributed by atoms with Gasteiger partial charge in [0.2, 0.25) is 12.7 Å². The van der Waals surface area contributed by atoms with Crippen molar-refractivity contribution in [3.8, 4) is 11.5 Å². The third-order valence-corrected chi connectivity index (χ3v) is 7.50. The summed E-state index contributed by atoms with van der Waals surface area (Å²) >= 11 is 4.03. The van der Waals surface area contributed by atoms with Gasteiger partial charge in [0.1, 0.15) is 0 Å². The molecule has 0 unspecified atom stereocenters. The first kappa shape index (κ1) is 16.0. The lowest BCUT2D eigenvalue weighted by atomic mass is 9.48. The number of fused-ring (bicyclic) bond motifs is 1. The minimum Gasteiger partial charge on any atom is -0.454 e. The van der Waals surface area contributed by atoms with Crippen molar-refractivity contribution in [3.05, 3.63) is 23.8 Å². The van der Waals surface area contributed by atoms with E-state index in [1.165, 1.54) is 38.5 Å². The van der Waals surface area contributed by atoms with Crippen LogP contribution in [-0.2, 0) is 11.3 Å². The molecule has 1 amide bonds. The fourth-order valence-corrected chi connectivity index (χ4v) is 7.71. The second kappa shape index (κ2) is 5.63. The topological polar surface area (TPSA) is 47.6 Å². The summed E-state index contributed by atoms with van der Waals surface area (Å²) in [5.41, 5.74) is 1.28. The van der Waals surface area contributed by atoms with E-state index in [1.807, 2.05) is 18.2 Å². The lowest BCUT2D eigenvalue weighted by Crippen LogP contribution is -2.54. The molecule has 0 saturated heterocycles. The molecule has 4 nitrogen and oxygen atoms in total. The Kier molecular flexibility index (Phi) is 3.60. The standard InChI is InChI=1S/C20H24BrNO3/c21-20-7-14-3-15(8-20)6-19(5-14,11-20)9-18(23)22-10-13-1-2-16-17(4-13)25-12-24-16/h1-2,4,14-15H,3,5-12H2,(H,22,23)/t14-,15-,19?,20?/m1/s1. The predicted molar refractivity (Wildman–Crippen MR) is 97.8 cm³/mol. The number of alkyl halides is 1. The van der Waals surface area contributed by atoms with Crippen molar-refractivity contribution < 1.29 is 14.3 Å². The maximum absolute atomic E-state index is 12.7. The van der Waals surface area contributed by atoms with Gasteiger partial charge in [-0.1, -0.05) is 22.0 Å². The number of nitrogens with one attached hydrogen (secondary N) is 1. The van der Waals surface area contributed by atoms with Gasteiger partial charge in [0.05, 0.1) is 0 Å². The second-order valence-corrected chi connectivity index (χ2v) is 10.4. The number of hydrogen-bond acceptors (Lipinski definition) is 3. The molecule has 4 bridgehead atoms. The lowest BCUT2D eigenvalue weighted by Gasteiger charge is -2.60. The van der Waals surface area contributed by atoms with Crippen molar-refractivity contribution in [2.75, 3.05) is 6.79 Å². The molecule has 1 aliphatic heterocycles. The first-order valence-electron chi connectivity index (χ1n) is 9.35. The highest BCUT2D eigenvalue weighted by Gasteiger charge is 2.57. The number of ether oxygens (including phenoxy) is 2. The Morgan fingerprint density at radius 2 is 1.92 bits per heavy atom. The van der Waals surface area contributed by atoms with Crippen molar-refractivity contribution in [1.29, 1.82) is 0 Å². The Balaban J connectivity index is 1.22. The quantitative estimate of drug-likeness (QED) is 0.765. The molecule has 0 aromatic heterocycles. The summed E-state index contributed by atoms with van der Waals surface area (Å²) in [6.07, 6.45) is 8.34. The minimum absolute atomic E-state index is 0.190. The van der Waals surface area contributed by atoms with Crippen molar-refractivity contribution in [1.82, 2.24) is 5.32 Å². The normalized spacial score (nSPS) is 37.3. The summed E-state index contributed by atoms with van der Waals surface area (Å²) in [4.78, 5) is 12.7. The molecular formula is C20H24BrNO3. The molecule has 5 aliphatic rings. The molecule has 5 heteroatoms. The van der Waals surface area contributed by atoms with Gasteiger partial charge < -0.3 is 14.8 Å². The van der Waals surface area contributed by atoms with Crippen LogP contribution in [0.4, 0.5) is 0 Å². The van der Waals surface area contributed by atoms with Crippen LogP contribution in [-0.4, -0.2) is 17.0 Å². The number of amides is 1. The molecule has 1 heterocycles. The predicted octanol–water partition coefficient (Wildman–Crippen LogP) is 4.16. The Morgan fingerprint density at radius 1 is 1.16 bits per heavy atom. The Bertz CT molecular complexity index is 705. The average molecular weight is 406 g/mol. The van der Waals surface area contributed by atoms with Crippen LogP contribution < -0.4 is 14.8 Å². The molecule has 4 saturated carbocycles. The van der Waals surface area contributed by atoms with E-state index in [-0.39, 0.29) is 18.1 Å². The number of carbonyl (C=O) groups is 1. The van der Waals surface area contributed by atoms with Gasteiger partial charge in [-0.2, -0.15) is 0 Å². The molecule has 25 heavy (non-hydrogen) atoms. The zero-order valence-electron chi connectivity index (χ0n) is 14.4. The molecule has 0 spiro atoms. The molecule has 1 aromatic rings. The van der Waals surface area contributed by atoms with Crippen LogP contribution in [0.15, 0.2) is 18.2 Å². The van der Waals surface area contributed by atoms with Gasteiger partial charge in [-0.05, 0) is 73.5 Å². The first-order valence-corrected chi connectivity index (χ1v) is 10.1. The van der Waals surface area contributed by atoms with Crippen LogP contribution >= 0.6 is 15.9 Å². The van der Waals surface area contributed by atoms with E-state index in [4.69, 9.17) is 9.47 Å². The second-order valence-electron chi connectivity index (χ2n) is 8.75. The number of rotatable bonds is 4. The number of hydrogen-bond donors (Lipinski definition) is 1. The molecule has 6 rings (SSSR count). The highest BCUT2D eigenvalue weighted by atomic mass is 79.9. The lowest BCUT2D eigenvalue weighted by molar-refractivity contribution is -0.128. The summed E-state index contributed by atoms with van der Waals surface area (Å²) in [6.45, 7) is 0.835. The van der Waals surface area contributed by atoms with Crippen LogP contribution in [0.25, 0.3) is 0 Å². The summed E-state index contributed by atoms with van der Waals surface area (Å²) < 4.78 is 11.1. The maximum atomic E-state index is 12.7. The first-order chi connectivity index (χ1) is 12.0. The number of halogens is 1. The maximum Gasteiger partial charge on any atom is 0.231 e. The largest absolute Gasteiger partial charge is 0.454 e. The fraction of sp³-hybridized carbons (Fsp3) is 0.650. The van der Waals surface area contributed by atoms with Gasteiger partial charge in [0.25, 0.3) is 0 Å². The van der Waals surface area contributed by atoms with E-state index in [9.17, 15) is 4.79 Å². The third-order valence-electron chi connectivity index (χ3n) is 6.57. The van der Waals surface area contributed by atoms with Crippen molar-refractivity contribution in [3.63, 3.8) is 0 Å². The van der Waals surface area contributed by atoms with Crippen molar-refractivity contribution in [2.24, 2.45) is 17.3 Å². The van der Waals surface area contributed by atoms with E-state index in [2.05, 4.69) is 21.2 Å². The van der Waals surface area contributed by atoms with E-state index < -0.39 is 0 Å². The fourth-order valence-electron chi connectivity index (χ4n) is 6.20. The summed E-state index contributed by atoms with van der Waals surface area (Å²) in [6, 6.07) is 5.87. The number of carbonyl (C=O) groups excluding carboxylic acids is 1. The van der Waals surface area contributed by atoms with E-state index in [0.29, 0.717) is 17.3 Å². The molecule has 1 aromatic carbocycles. The molecule has 4 fully saturated rings. The number of benzene rings is 1. The highest BCUT2D eigenvalue weighted by molar-refractivity contribution is 9.10. The van der Waals surface area contributed by atoms with Crippen LogP contribution in [0.5, 0.6) is 11.5 Å². The van der Waals surface area contributed by atoms with E-state index in [1.54, 1.807) is 0 Å². The van der Waals surface area contributed by atoms with Crippen LogP contribution in [0, 0.1) is 17.3 Å². The Labute approximate surface area is 156 Å². The van der Waals surface area contributed by atoms with Crippen LogP contribution in [0.2, 0.25) is 0 Å². The average Bonchev–Trinajstić information content (AvgIpc) is 2.97. The zero-order chi connectivity index (χ0) is 17.1. The van der Waals surface area contributed by atoms with Crippen LogP contribution in [0.3, 0.4) is 0 Å². The van der Waals surface area contributed by atoms with E-state index in [0.717, 1.165) is 28.9 Å². The summed E-state index contributed by atoms with van der Waals surface area (Å²) in [5.74, 6) is 3.39. The van der Waals surface area contributed by atoms with Crippen molar-refractivity contribution in [2.45, 2.75) is 55.8 Å². The van der Waals surface area contributed by atoms with Gasteiger partial charge >= 0.3 is 0 Å². The van der Waals surface area contributed by atoms with Gasteiger partial charge in [0.15, 0.2) is 11.5 Å². The minimum atomic E-state index is 0.190. The smallest absolute Gasteiger partial charge is 0.231 e. The SMILES string of the molecule is O=C(CC12C[C@H]3C[C@@H](CC(Br)(C3)C1)C2)NCc1ccc2c(c1)OCO2. The molecular weight excluding hydrogens is 382 g/mol. The van der Waals surface area contributed by atoms with Crippen molar-refractivity contribution >= 4 is 21.8 Å². The van der Waals surface area contributed by atoms with Gasteiger partial charge in [-0.3, -0.25) is 4.79 Å². The summed E-state index contributed by atoms with van der Waals surface area (Å²) in [7, 11) is 0. The highest BCUT2D eigenvalue weighted by Crippen LogP contribution is 2.65. The third kappa shape index (κ3) is 2.94. The monoisotopic (exact) mass is 405 g/mol. The molecule has 134 valence electrons. The van der Waals surface area contributed by atoms with Gasteiger partial charge in [-0.25, -0.2) is 0 Å². The van der Waals surface area contributed by atoms with Crippen LogP contribution in [0.1, 0.15) is 50.5 Å². The van der Waals surface area contributed by atoms with E-state index >= 15 is 0 Å². The zero-order valence-corrected chi connectivity index (χ0v) is 15.9. The summed E-state index contributed by atoms with van der Waals surface area (Å²) in [5, 5.41) is 3.13. The molecule has 4 aliphatic carbocycles. The molecule has 1 N–H and O–H groups in total. The van der Waals surface area contributed by atoms with Gasteiger partial charge in [0, 0.05) is 17.3 Å².